The Labute approximate surface area is 159 Å². The van der Waals surface area contributed by atoms with Gasteiger partial charge in [0.15, 0.2) is 4.34 Å². The smallest absolute Gasteiger partial charge is 0.316 e. The summed E-state index contributed by atoms with van der Waals surface area (Å²) in [4.78, 5) is 28.3. The first kappa shape index (κ1) is 18.4. The van der Waals surface area contributed by atoms with E-state index in [0.29, 0.717) is 12.2 Å². The van der Waals surface area contributed by atoms with Crippen molar-refractivity contribution in [2.24, 2.45) is 0 Å². The van der Waals surface area contributed by atoms with Crippen LogP contribution in [0.15, 0.2) is 46.8 Å². The number of hydrogen-bond donors (Lipinski definition) is 1. The molecule has 0 unspecified atom stereocenters. The molecule has 7 heteroatoms. The zero-order chi connectivity index (χ0) is 18.5. The Morgan fingerprint density at radius 2 is 2.08 bits per heavy atom. The van der Waals surface area contributed by atoms with Crippen LogP contribution in [-0.2, 0) is 9.53 Å². The molecule has 1 amide bonds. The highest BCUT2D eigenvalue weighted by molar-refractivity contribution is 8.01. The summed E-state index contributed by atoms with van der Waals surface area (Å²) >= 11 is 2.85. The summed E-state index contributed by atoms with van der Waals surface area (Å²) < 4.78 is 6.68. The number of anilines is 1. The van der Waals surface area contributed by atoms with Crippen molar-refractivity contribution in [1.29, 1.82) is 0 Å². The number of nitrogens with one attached hydrogen (secondary N) is 1. The molecule has 1 heterocycles. The summed E-state index contributed by atoms with van der Waals surface area (Å²) in [5.74, 6) is -0.151. The Kier molecular flexibility index (Phi) is 5.90. The van der Waals surface area contributed by atoms with Crippen molar-refractivity contribution in [2.45, 2.75) is 18.2 Å². The molecular weight excluding hydrogens is 368 g/mol. The Morgan fingerprint density at radius 3 is 2.85 bits per heavy atom. The molecule has 5 nitrogen and oxygen atoms in total. The molecule has 0 saturated heterocycles. The summed E-state index contributed by atoms with van der Waals surface area (Å²) in [5.41, 5.74) is 3.23. The normalized spacial score (nSPS) is 10.7. The van der Waals surface area contributed by atoms with E-state index in [0.717, 1.165) is 25.8 Å². The van der Waals surface area contributed by atoms with Gasteiger partial charge >= 0.3 is 5.97 Å². The van der Waals surface area contributed by atoms with Gasteiger partial charge in [-0.2, -0.15) is 0 Å². The van der Waals surface area contributed by atoms with Gasteiger partial charge in [0.1, 0.15) is 0 Å². The molecule has 1 N–H and O–H groups in total. The molecule has 0 aliphatic heterocycles. The molecular formula is C19H18N2O3S2. The fourth-order valence-electron chi connectivity index (χ4n) is 2.36. The number of carbonyl (C=O) groups excluding carboxylic acids is 2. The highest BCUT2D eigenvalue weighted by Gasteiger charge is 2.10. The monoisotopic (exact) mass is 386 g/mol. The third kappa shape index (κ3) is 4.62. The number of aryl methyl sites for hydroxylation is 1. The summed E-state index contributed by atoms with van der Waals surface area (Å²) in [6.45, 7) is 4.12. The van der Waals surface area contributed by atoms with Crippen molar-refractivity contribution in [3.05, 3.63) is 53.6 Å². The van der Waals surface area contributed by atoms with Gasteiger partial charge in [-0.25, -0.2) is 4.98 Å². The van der Waals surface area contributed by atoms with Gasteiger partial charge < -0.3 is 10.1 Å². The van der Waals surface area contributed by atoms with Gasteiger partial charge in [0.2, 0.25) is 0 Å². The highest BCUT2D eigenvalue weighted by Crippen LogP contribution is 2.31. The second-order valence-corrected chi connectivity index (χ2v) is 7.83. The lowest BCUT2D eigenvalue weighted by Gasteiger charge is -2.05. The molecule has 0 radical (unpaired) electrons. The number of benzene rings is 2. The molecule has 0 fully saturated rings. The minimum Gasteiger partial charge on any atom is -0.465 e. The van der Waals surface area contributed by atoms with Gasteiger partial charge in [-0.3, -0.25) is 9.59 Å². The number of ether oxygens (including phenoxy) is 1. The summed E-state index contributed by atoms with van der Waals surface area (Å²) in [6.07, 6.45) is 0. The lowest BCUT2D eigenvalue weighted by atomic mass is 10.1. The quantitative estimate of drug-likeness (QED) is 0.499. The molecule has 2 aromatic carbocycles. The Balaban J connectivity index is 1.70. The average Bonchev–Trinajstić information content (AvgIpc) is 3.02. The van der Waals surface area contributed by atoms with Crippen LogP contribution in [0.5, 0.6) is 0 Å². The topological polar surface area (TPSA) is 68.3 Å². The first-order chi connectivity index (χ1) is 12.5. The van der Waals surface area contributed by atoms with Crippen LogP contribution in [0, 0.1) is 6.92 Å². The molecule has 3 aromatic rings. The lowest BCUT2D eigenvalue weighted by Crippen LogP contribution is -2.11. The number of nitrogens with zero attached hydrogens (tertiary/aromatic N) is 1. The van der Waals surface area contributed by atoms with E-state index < -0.39 is 0 Å². The maximum absolute atomic E-state index is 12.4. The van der Waals surface area contributed by atoms with Crippen LogP contribution in [0.3, 0.4) is 0 Å². The first-order valence-corrected chi connectivity index (χ1v) is 9.92. The number of aromatic nitrogens is 1. The number of thioether (sulfide) groups is 1. The van der Waals surface area contributed by atoms with Gasteiger partial charge in [-0.1, -0.05) is 29.5 Å². The van der Waals surface area contributed by atoms with Crippen molar-refractivity contribution in [3.8, 4) is 0 Å². The largest absolute Gasteiger partial charge is 0.465 e. The van der Waals surface area contributed by atoms with Crippen molar-refractivity contribution in [2.75, 3.05) is 17.7 Å². The van der Waals surface area contributed by atoms with E-state index in [9.17, 15) is 9.59 Å². The maximum atomic E-state index is 12.4. The zero-order valence-electron chi connectivity index (χ0n) is 14.4. The number of esters is 1. The number of rotatable bonds is 6. The van der Waals surface area contributed by atoms with Crippen LogP contribution in [0.25, 0.3) is 10.2 Å². The Hall–Kier alpha value is -2.38. The van der Waals surface area contributed by atoms with Gasteiger partial charge in [0, 0.05) is 11.3 Å². The van der Waals surface area contributed by atoms with E-state index in [1.807, 2.05) is 43.3 Å². The van der Waals surface area contributed by atoms with Crippen LogP contribution in [0.1, 0.15) is 22.8 Å². The standard InChI is InChI=1S/C19H18N2O3S2/c1-3-24-17(22)11-25-19-21-15-8-7-14(10-16(15)26-19)20-18(23)13-6-4-5-12(2)9-13/h4-10H,3,11H2,1-2H3,(H,20,23). The van der Waals surface area contributed by atoms with Gasteiger partial charge in [0.25, 0.3) is 5.91 Å². The van der Waals surface area contributed by atoms with Gasteiger partial charge in [0.05, 0.1) is 22.6 Å². The molecule has 0 saturated carbocycles. The molecule has 0 aliphatic rings. The van der Waals surface area contributed by atoms with E-state index in [1.54, 1.807) is 13.0 Å². The minimum absolute atomic E-state index is 0.144. The zero-order valence-corrected chi connectivity index (χ0v) is 16.1. The number of fused-ring (bicyclic) bond motifs is 1. The third-order valence-electron chi connectivity index (χ3n) is 3.53. The predicted molar refractivity (Wildman–Crippen MR) is 106 cm³/mol. The van der Waals surface area contributed by atoms with Crippen LogP contribution < -0.4 is 5.32 Å². The fraction of sp³-hybridized carbons (Fsp3) is 0.211. The SMILES string of the molecule is CCOC(=O)CSc1nc2ccc(NC(=O)c3cccc(C)c3)cc2s1. The minimum atomic E-state index is -0.247. The Morgan fingerprint density at radius 1 is 1.23 bits per heavy atom. The molecule has 3 rings (SSSR count). The second-order valence-electron chi connectivity index (χ2n) is 5.58. The van der Waals surface area contributed by atoms with E-state index in [4.69, 9.17) is 4.74 Å². The molecule has 0 spiro atoms. The summed E-state index contributed by atoms with van der Waals surface area (Å²) in [7, 11) is 0. The fourth-order valence-corrected chi connectivity index (χ4v) is 4.26. The maximum Gasteiger partial charge on any atom is 0.316 e. The predicted octanol–water partition coefficient (Wildman–Crippen LogP) is 4.51. The number of amides is 1. The van der Waals surface area contributed by atoms with Crippen molar-refractivity contribution >= 4 is 50.9 Å². The number of carbonyl (C=O) groups is 2. The molecule has 0 aliphatic carbocycles. The van der Waals surface area contributed by atoms with E-state index in [2.05, 4.69) is 10.3 Å². The number of hydrogen-bond acceptors (Lipinski definition) is 6. The molecule has 26 heavy (non-hydrogen) atoms. The van der Waals surface area contributed by atoms with E-state index in [1.165, 1.54) is 23.1 Å². The van der Waals surface area contributed by atoms with Crippen molar-refractivity contribution in [3.63, 3.8) is 0 Å². The molecule has 134 valence electrons. The van der Waals surface area contributed by atoms with Crippen LogP contribution in [-0.4, -0.2) is 29.2 Å². The van der Waals surface area contributed by atoms with Crippen molar-refractivity contribution in [1.82, 2.24) is 4.98 Å². The molecule has 0 bridgehead atoms. The lowest BCUT2D eigenvalue weighted by molar-refractivity contribution is -0.139. The summed E-state index contributed by atoms with van der Waals surface area (Å²) in [5, 5.41) is 2.91. The van der Waals surface area contributed by atoms with Crippen LogP contribution >= 0.6 is 23.1 Å². The van der Waals surface area contributed by atoms with Gasteiger partial charge in [-0.05, 0) is 44.2 Å². The van der Waals surface area contributed by atoms with Crippen LogP contribution in [0.4, 0.5) is 5.69 Å². The first-order valence-electron chi connectivity index (χ1n) is 8.12. The van der Waals surface area contributed by atoms with Crippen molar-refractivity contribution < 1.29 is 14.3 Å². The summed E-state index contributed by atoms with van der Waals surface area (Å²) in [6, 6.07) is 13.1. The average molecular weight is 386 g/mol. The van der Waals surface area contributed by atoms with E-state index >= 15 is 0 Å². The molecule has 0 atom stereocenters. The second kappa shape index (κ2) is 8.33. The molecule has 1 aromatic heterocycles. The third-order valence-corrected chi connectivity index (χ3v) is 5.66. The highest BCUT2D eigenvalue weighted by atomic mass is 32.2. The van der Waals surface area contributed by atoms with Gasteiger partial charge in [-0.15, -0.1) is 11.3 Å². The van der Waals surface area contributed by atoms with E-state index in [-0.39, 0.29) is 17.6 Å². The van der Waals surface area contributed by atoms with Crippen LogP contribution in [0.2, 0.25) is 0 Å². The Bertz CT molecular complexity index is 953. The number of thiazole rings is 1.